The Hall–Kier alpha value is -0.980. The Balaban J connectivity index is 3.22. The molecule has 0 aliphatic rings. The van der Waals surface area contributed by atoms with E-state index in [4.69, 9.17) is 4.74 Å². The van der Waals surface area contributed by atoms with Crippen LogP contribution in [0.2, 0.25) is 0 Å². The van der Waals surface area contributed by atoms with Crippen molar-refractivity contribution in [3.8, 4) is 5.75 Å². The number of ether oxygens (including phenoxy) is 1. The molecule has 0 aliphatic carbocycles. The van der Waals surface area contributed by atoms with Gasteiger partial charge in [0.1, 0.15) is 5.75 Å². The highest BCUT2D eigenvalue weighted by Gasteiger charge is 2.22. The van der Waals surface area contributed by atoms with Gasteiger partial charge in [0, 0.05) is 0 Å². The van der Waals surface area contributed by atoms with E-state index in [0.29, 0.717) is 5.92 Å². The summed E-state index contributed by atoms with van der Waals surface area (Å²) in [5.41, 5.74) is 2.83. The Labute approximate surface area is 99.8 Å². The summed E-state index contributed by atoms with van der Waals surface area (Å²) >= 11 is 0. The van der Waals surface area contributed by atoms with Gasteiger partial charge in [0.05, 0.1) is 7.11 Å². The minimum Gasteiger partial charge on any atom is -0.496 e. The van der Waals surface area contributed by atoms with Crippen molar-refractivity contribution < 1.29 is 4.74 Å². The van der Waals surface area contributed by atoms with E-state index in [9.17, 15) is 0 Å². The molecule has 1 aromatic carbocycles. The average Bonchev–Trinajstić information content (AvgIpc) is 2.28. The van der Waals surface area contributed by atoms with Crippen molar-refractivity contribution in [1.29, 1.82) is 0 Å². The van der Waals surface area contributed by atoms with Gasteiger partial charge in [0.2, 0.25) is 0 Å². The topological polar surface area (TPSA) is 9.23 Å². The van der Waals surface area contributed by atoms with Gasteiger partial charge in [0.15, 0.2) is 0 Å². The van der Waals surface area contributed by atoms with Crippen molar-refractivity contribution in [1.82, 2.24) is 0 Å². The van der Waals surface area contributed by atoms with Crippen LogP contribution in [0.4, 0.5) is 0 Å². The maximum absolute atomic E-state index is 5.52. The zero-order valence-electron chi connectivity index (χ0n) is 11.4. The van der Waals surface area contributed by atoms with Gasteiger partial charge in [-0.1, -0.05) is 46.8 Å². The number of methoxy groups -OCH3 is 1. The molecule has 16 heavy (non-hydrogen) atoms. The second-order valence-electron chi connectivity index (χ2n) is 5.35. The van der Waals surface area contributed by atoms with Gasteiger partial charge in [-0.2, -0.15) is 0 Å². The summed E-state index contributed by atoms with van der Waals surface area (Å²) in [5, 5.41) is 0. The van der Waals surface area contributed by atoms with Crippen LogP contribution in [-0.2, 0) is 5.41 Å². The molecular weight excluding hydrogens is 196 g/mol. The molecule has 0 aliphatic heterocycles. The zero-order chi connectivity index (χ0) is 12.3. The summed E-state index contributed by atoms with van der Waals surface area (Å²) in [7, 11) is 1.76. The van der Waals surface area contributed by atoms with Crippen LogP contribution in [0.25, 0.3) is 0 Å². The minimum absolute atomic E-state index is 0.181. The largest absolute Gasteiger partial charge is 0.496 e. The molecule has 1 nitrogen and oxygen atoms in total. The van der Waals surface area contributed by atoms with E-state index in [0.717, 1.165) is 12.2 Å². The molecule has 0 radical (unpaired) electrons. The number of hydrogen-bond acceptors (Lipinski definition) is 1. The maximum Gasteiger partial charge on any atom is 0.122 e. The van der Waals surface area contributed by atoms with Crippen LogP contribution in [0.15, 0.2) is 18.2 Å². The van der Waals surface area contributed by atoms with E-state index >= 15 is 0 Å². The summed E-state index contributed by atoms with van der Waals surface area (Å²) in [6.07, 6.45) is 1.12. The van der Waals surface area contributed by atoms with E-state index in [-0.39, 0.29) is 5.41 Å². The van der Waals surface area contributed by atoms with Crippen LogP contribution >= 0.6 is 0 Å². The monoisotopic (exact) mass is 220 g/mol. The van der Waals surface area contributed by atoms with Crippen LogP contribution in [0, 0.1) is 0 Å². The van der Waals surface area contributed by atoms with Crippen molar-refractivity contribution in [2.75, 3.05) is 7.11 Å². The number of benzene rings is 1. The first-order chi connectivity index (χ1) is 7.42. The van der Waals surface area contributed by atoms with Gasteiger partial charge >= 0.3 is 0 Å². The van der Waals surface area contributed by atoms with E-state index < -0.39 is 0 Å². The highest BCUT2D eigenvalue weighted by atomic mass is 16.5. The lowest BCUT2D eigenvalue weighted by molar-refractivity contribution is 0.388. The highest BCUT2D eigenvalue weighted by molar-refractivity contribution is 5.42. The first-order valence-electron chi connectivity index (χ1n) is 6.10. The molecule has 0 fully saturated rings. The molecule has 0 unspecified atom stereocenters. The standard InChI is InChI=1S/C15H24O/c1-7-15(4,5)13-9-8-12(11(2)3)10-14(13)16-6/h8-11H,7H2,1-6H3. The molecule has 90 valence electrons. The van der Waals surface area contributed by atoms with Crippen LogP contribution in [0.3, 0.4) is 0 Å². The fourth-order valence-electron chi connectivity index (χ4n) is 1.82. The van der Waals surface area contributed by atoms with E-state index in [1.807, 2.05) is 0 Å². The Morgan fingerprint density at radius 1 is 1.25 bits per heavy atom. The van der Waals surface area contributed by atoms with Gasteiger partial charge in [-0.3, -0.25) is 0 Å². The first-order valence-corrected chi connectivity index (χ1v) is 6.10. The summed E-state index contributed by atoms with van der Waals surface area (Å²) in [4.78, 5) is 0. The van der Waals surface area contributed by atoms with Crippen molar-refractivity contribution in [3.63, 3.8) is 0 Å². The van der Waals surface area contributed by atoms with Crippen molar-refractivity contribution in [2.45, 2.75) is 52.4 Å². The minimum atomic E-state index is 0.181. The molecule has 0 N–H and O–H groups in total. The van der Waals surface area contributed by atoms with Crippen LogP contribution < -0.4 is 4.74 Å². The third-order valence-corrected chi connectivity index (χ3v) is 3.51. The lowest BCUT2D eigenvalue weighted by Crippen LogP contribution is -2.16. The maximum atomic E-state index is 5.52. The molecule has 0 heterocycles. The first kappa shape index (κ1) is 13.1. The Morgan fingerprint density at radius 2 is 1.88 bits per heavy atom. The normalized spacial score (nSPS) is 11.9. The quantitative estimate of drug-likeness (QED) is 0.725. The zero-order valence-corrected chi connectivity index (χ0v) is 11.4. The molecule has 0 amide bonds. The lowest BCUT2D eigenvalue weighted by atomic mass is 9.81. The molecule has 0 atom stereocenters. The third kappa shape index (κ3) is 2.58. The van der Waals surface area contributed by atoms with Crippen molar-refractivity contribution in [3.05, 3.63) is 29.3 Å². The SMILES string of the molecule is CCC(C)(C)c1ccc(C(C)C)cc1OC. The fourth-order valence-corrected chi connectivity index (χ4v) is 1.82. The summed E-state index contributed by atoms with van der Waals surface area (Å²) < 4.78 is 5.52. The summed E-state index contributed by atoms with van der Waals surface area (Å²) in [6, 6.07) is 6.62. The molecule has 1 aromatic rings. The van der Waals surface area contributed by atoms with Gasteiger partial charge in [0.25, 0.3) is 0 Å². The second kappa shape index (κ2) is 4.90. The van der Waals surface area contributed by atoms with E-state index in [1.54, 1.807) is 7.11 Å². The molecule has 1 heteroatoms. The predicted molar refractivity (Wildman–Crippen MR) is 70.4 cm³/mol. The lowest BCUT2D eigenvalue weighted by Gasteiger charge is -2.26. The van der Waals surface area contributed by atoms with Gasteiger partial charge in [-0.15, -0.1) is 0 Å². The van der Waals surface area contributed by atoms with Crippen LogP contribution in [0.1, 0.15) is 58.1 Å². The average molecular weight is 220 g/mol. The molecule has 0 saturated carbocycles. The van der Waals surface area contributed by atoms with Gasteiger partial charge in [-0.05, 0) is 34.9 Å². The second-order valence-corrected chi connectivity index (χ2v) is 5.35. The Bertz CT molecular complexity index is 350. The molecule has 0 saturated heterocycles. The van der Waals surface area contributed by atoms with E-state index in [1.165, 1.54) is 11.1 Å². The Kier molecular flexibility index (Phi) is 4.01. The van der Waals surface area contributed by atoms with E-state index in [2.05, 4.69) is 52.8 Å². The van der Waals surface area contributed by atoms with Crippen LogP contribution in [-0.4, -0.2) is 7.11 Å². The van der Waals surface area contributed by atoms with Gasteiger partial charge in [-0.25, -0.2) is 0 Å². The molecule has 0 aromatic heterocycles. The molecular formula is C15H24O. The molecule has 0 bridgehead atoms. The number of rotatable bonds is 4. The van der Waals surface area contributed by atoms with Crippen molar-refractivity contribution >= 4 is 0 Å². The highest BCUT2D eigenvalue weighted by Crippen LogP contribution is 2.35. The third-order valence-electron chi connectivity index (χ3n) is 3.51. The predicted octanol–water partition coefficient (Wildman–Crippen LogP) is 4.51. The number of hydrogen-bond donors (Lipinski definition) is 0. The summed E-state index contributed by atoms with van der Waals surface area (Å²) in [6.45, 7) is 11.2. The Morgan fingerprint density at radius 3 is 2.31 bits per heavy atom. The summed E-state index contributed by atoms with van der Waals surface area (Å²) in [5.74, 6) is 1.57. The smallest absolute Gasteiger partial charge is 0.122 e. The van der Waals surface area contributed by atoms with Gasteiger partial charge < -0.3 is 4.74 Å². The van der Waals surface area contributed by atoms with Crippen molar-refractivity contribution in [2.24, 2.45) is 0 Å². The van der Waals surface area contributed by atoms with Crippen LogP contribution in [0.5, 0.6) is 5.75 Å². The fraction of sp³-hybridized carbons (Fsp3) is 0.600. The molecule has 1 rings (SSSR count). The molecule has 0 spiro atoms.